The second-order valence-electron chi connectivity index (χ2n) is 6.40. The van der Waals surface area contributed by atoms with Crippen LogP contribution >= 0.6 is 15.9 Å². The molecule has 3 N–H and O–H groups in total. The number of benzene rings is 2. The number of hydrogen-bond donors (Lipinski definition) is 3. The molecule has 6 heteroatoms. The van der Waals surface area contributed by atoms with Crippen LogP contribution in [0.4, 0.5) is 10.5 Å². The number of allylic oxidation sites excluding steroid dienone is 1. The van der Waals surface area contributed by atoms with E-state index in [-0.39, 0.29) is 11.9 Å². The van der Waals surface area contributed by atoms with E-state index in [4.69, 9.17) is 0 Å². The Morgan fingerprint density at radius 2 is 1.88 bits per heavy atom. The monoisotopic (exact) mass is 413 g/mol. The highest BCUT2D eigenvalue weighted by atomic mass is 79.9. The SMILES string of the molecule is CC1=C(C(=O)Nc2ccc(C)cc2C)[C@@H](c2cccc(Br)c2)NC(=O)N1. The molecule has 1 aliphatic heterocycles. The molecule has 0 saturated carbocycles. The number of urea groups is 1. The van der Waals surface area contributed by atoms with Crippen LogP contribution in [0.15, 0.2) is 58.2 Å². The number of nitrogens with one attached hydrogen (secondary N) is 3. The van der Waals surface area contributed by atoms with Crippen LogP contribution in [-0.2, 0) is 4.79 Å². The molecule has 1 heterocycles. The minimum atomic E-state index is -0.521. The first-order valence-electron chi connectivity index (χ1n) is 8.27. The smallest absolute Gasteiger partial charge is 0.319 e. The van der Waals surface area contributed by atoms with E-state index in [1.54, 1.807) is 6.92 Å². The fraction of sp³-hybridized carbons (Fsp3) is 0.200. The second kappa shape index (κ2) is 7.33. The van der Waals surface area contributed by atoms with E-state index in [1.165, 1.54) is 0 Å². The van der Waals surface area contributed by atoms with Crippen molar-refractivity contribution >= 4 is 33.6 Å². The quantitative estimate of drug-likeness (QED) is 0.700. The molecule has 26 heavy (non-hydrogen) atoms. The summed E-state index contributed by atoms with van der Waals surface area (Å²) >= 11 is 3.44. The molecule has 3 rings (SSSR count). The van der Waals surface area contributed by atoms with E-state index >= 15 is 0 Å². The number of carbonyl (C=O) groups is 2. The molecule has 0 aromatic heterocycles. The molecule has 0 bridgehead atoms. The molecule has 2 aromatic carbocycles. The standard InChI is InChI=1S/C20H20BrN3O2/c1-11-7-8-16(12(2)9-11)23-19(25)17-13(3)22-20(26)24-18(17)14-5-4-6-15(21)10-14/h4-10,18H,1-3H3,(H,23,25)(H2,22,24,26)/t18-/m1/s1. The lowest BCUT2D eigenvalue weighted by Crippen LogP contribution is -2.46. The maximum Gasteiger partial charge on any atom is 0.319 e. The molecule has 5 nitrogen and oxygen atoms in total. The van der Waals surface area contributed by atoms with E-state index in [9.17, 15) is 9.59 Å². The van der Waals surface area contributed by atoms with Gasteiger partial charge in [-0.3, -0.25) is 4.79 Å². The van der Waals surface area contributed by atoms with Gasteiger partial charge in [-0.25, -0.2) is 4.79 Å². The first-order chi connectivity index (χ1) is 12.3. The van der Waals surface area contributed by atoms with Gasteiger partial charge in [0.1, 0.15) is 0 Å². The number of aryl methyl sites for hydroxylation is 2. The predicted molar refractivity (Wildman–Crippen MR) is 106 cm³/mol. The lowest BCUT2D eigenvalue weighted by atomic mass is 9.94. The van der Waals surface area contributed by atoms with E-state index in [1.807, 2.05) is 56.3 Å². The molecule has 3 amide bonds. The molecular weight excluding hydrogens is 394 g/mol. The Labute approximate surface area is 161 Å². The van der Waals surface area contributed by atoms with Crippen molar-refractivity contribution in [1.29, 1.82) is 0 Å². The number of anilines is 1. The molecular formula is C20H20BrN3O2. The van der Waals surface area contributed by atoms with Gasteiger partial charge in [-0.15, -0.1) is 0 Å². The zero-order chi connectivity index (χ0) is 18.8. The maximum absolute atomic E-state index is 13.0. The zero-order valence-corrected chi connectivity index (χ0v) is 16.4. The van der Waals surface area contributed by atoms with Gasteiger partial charge in [-0.05, 0) is 50.1 Å². The summed E-state index contributed by atoms with van der Waals surface area (Å²) in [5.41, 5.74) is 4.74. The molecule has 2 aromatic rings. The van der Waals surface area contributed by atoms with Crippen molar-refractivity contribution in [2.75, 3.05) is 5.32 Å². The van der Waals surface area contributed by atoms with Crippen LogP contribution in [0.3, 0.4) is 0 Å². The number of hydrogen-bond acceptors (Lipinski definition) is 2. The Bertz CT molecular complexity index is 921. The van der Waals surface area contributed by atoms with Crippen molar-refractivity contribution in [3.63, 3.8) is 0 Å². The van der Waals surface area contributed by atoms with Gasteiger partial charge in [0.2, 0.25) is 0 Å². The van der Waals surface area contributed by atoms with Crippen molar-refractivity contribution in [2.45, 2.75) is 26.8 Å². The second-order valence-corrected chi connectivity index (χ2v) is 7.31. The summed E-state index contributed by atoms with van der Waals surface area (Å²) in [6.07, 6.45) is 0. The number of amides is 3. The Morgan fingerprint density at radius 1 is 1.12 bits per heavy atom. The molecule has 1 atom stereocenters. The van der Waals surface area contributed by atoms with Crippen molar-refractivity contribution < 1.29 is 9.59 Å². The number of halogens is 1. The first-order valence-corrected chi connectivity index (χ1v) is 9.07. The molecule has 0 fully saturated rings. The van der Waals surface area contributed by atoms with Gasteiger partial charge in [-0.1, -0.05) is 45.8 Å². The third-order valence-corrected chi connectivity index (χ3v) is 4.82. The summed E-state index contributed by atoms with van der Waals surface area (Å²) in [7, 11) is 0. The minimum Gasteiger partial charge on any atom is -0.327 e. The number of rotatable bonds is 3. The fourth-order valence-corrected chi connectivity index (χ4v) is 3.49. The summed E-state index contributed by atoms with van der Waals surface area (Å²) in [5.74, 6) is -0.244. The lowest BCUT2D eigenvalue weighted by Gasteiger charge is -2.29. The highest BCUT2D eigenvalue weighted by molar-refractivity contribution is 9.10. The summed E-state index contributed by atoms with van der Waals surface area (Å²) in [4.78, 5) is 25.0. The molecule has 1 aliphatic rings. The topological polar surface area (TPSA) is 70.2 Å². The fourth-order valence-electron chi connectivity index (χ4n) is 3.07. The normalized spacial score (nSPS) is 16.8. The van der Waals surface area contributed by atoms with Crippen LogP contribution < -0.4 is 16.0 Å². The Balaban J connectivity index is 1.97. The Kier molecular flexibility index (Phi) is 5.13. The van der Waals surface area contributed by atoms with Crippen molar-refractivity contribution in [1.82, 2.24) is 10.6 Å². The van der Waals surface area contributed by atoms with Crippen molar-refractivity contribution in [3.05, 3.63) is 74.9 Å². The van der Waals surface area contributed by atoms with Crippen LogP contribution in [0.25, 0.3) is 0 Å². The van der Waals surface area contributed by atoms with Gasteiger partial charge >= 0.3 is 6.03 Å². The molecule has 0 aliphatic carbocycles. The largest absolute Gasteiger partial charge is 0.327 e. The van der Waals surface area contributed by atoms with Gasteiger partial charge in [0.05, 0.1) is 11.6 Å². The number of carbonyl (C=O) groups excluding carboxylic acids is 2. The van der Waals surface area contributed by atoms with Gasteiger partial charge in [0, 0.05) is 15.9 Å². The predicted octanol–water partition coefficient (Wildman–Crippen LogP) is 4.33. The third kappa shape index (κ3) is 3.80. The van der Waals surface area contributed by atoms with Crippen molar-refractivity contribution in [3.8, 4) is 0 Å². The van der Waals surface area contributed by atoms with Crippen LogP contribution in [0.2, 0.25) is 0 Å². The first kappa shape index (κ1) is 18.2. The summed E-state index contributed by atoms with van der Waals surface area (Å²) in [6.45, 7) is 5.70. The molecule has 0 radical (unpaired) electrons. The van der Waals surface area contributed by atoms with Crippen LogP contribution in [-0.4, -0.2) is 11.9 Å². The Morgan fingerprint density at radius 3 is 2.58 bits per heavy atom. The molecule has 0 saturated heterocycles. The highest BCUT2D eigenvalue weighted by Crippen LogP contribution is 2.29. The van der Waals surface area contributed by atoms with E-state index in [0.29, 0.717) is 11.3 Å². The van der Waals surface area contributed by atoms with E-state index in [0.717, 1.165) is 26.9 Å². The van der Waals surface area contributed by atoms with Gasteiger partial charge < -0.3 is 16.0 Å². The van der Waals surface area contributed by atoms with Crippen molar-refractivity contribution in [2.24, 2.45) is 0 Å². The van der Waals surface area contributed by atoms with Crippen LogP contribution in [0.5, 0.6) is 0 Å². The van der Waals surface area contributed by atoms with Gasteiger partial charge in [0.25, 0.3) is 5.91 Å². The molecule has 134 valence electrons. The van der Waals surface area contributed by atoms with Gasteiger partial charge in [0.15, 0.2) is 0 Å². The van der Waals surface area contributed by atoms with Crippen LogP contribution in [0, 0.1) is 13.8 Å². The summed E-state index contributed by atoms with van der Waals surface area (Å²) < 4.78 is 0.884. The molecule has 0 spiro atoms. The maximum atomic E-state index is 13.0. The van der Waals surface area contributed by atoms with Crippen LogP contribution in [0.1, 0.15) is 29.7 Å². The summed E-state index contributed by atoms with van der Waals surface area (Å²) in [5, 5.41) is 8.50. The summed E-state index contributed by atoms with van der Waals surface area (Å²) in [6, 6.07) is 12.6. The van der Waals surface area contributed by atoms with E-state index in [2.05, 4.69) is 31.9 Å². The minimum absolute atomic E-state index is 0.244. The zero-order valence-electron chi connectivity index (χ0n) is 14.8. The average Bonchev–Trinajstić information content (AvgIpc) is 2.56. The Hall–Kier alpha value is -2.60. The molecule has 0 unspecified atom stereocenters. The average molecular weight is 414 g/mol. The lowest BCUT2D eigenvalue weighted by molar-refractivity contribution is -0.113. The third-order valence-electron chi connectivity index (χ3n) is 4.33. The highest BCUT2D eigenvalue weighted by Gasteiger charge is 2.31. The van der Waals surface area contributed by atoms with E-state index < -0.39 is 6.04 Å². The van der Waals surface area contributed by atoms with Gasteiger partial charge in [-0.2, -0.15) is 0 Å².